The molecule has 8 nitrogen and oxygen atoms in total. The number of nitrogens with zero attached hydrogens (tertiary/aromatic N) is 2. The first-order chi connectivity index (χ1) is 15.9. The molecule has 2 aliphatic rings. The van der Waals surface area contributed by atoms with Crippen molar-refractivity contribution in [1.29, 1.82) is 0 Å². The molecule has 0 aromatic heterocycles. The molecule has 2 aromatic carbocycles. The number of ether oxygens (including phenoxy) is 2. The Hall–Kier alpha value is -3.01. The molecule has 172 valence electrons. The van der Waals surface area contributed by atoms with E-state index in [2.05, 4.69) is 10.2 Å². The number of hydrogen-bond donors (Lipinski definition) is 1. The predicted octanol–water partition coefficient (Wildman–Crippen LogP) is 3.86. The minimum absolute atomic E-state index is 0.277. The Kier molecular flexibility index (Phi) is 7.22. The van der Waals surface area contributed by atoms with Gasteiger partial charge in [-0.2, -0.15) is 0 Å². The smallest absolute Gasteiger partial charge is 0.294 e. The largest absolute Gasteiger partial charge is 0.495 e. The minimum Gasteiger partial charge on any atom is -0.495 e. The summed E-state index contributed by atoms with van der Waals surface area (Å²) in [6, 6.07) is 12.5. The van der Waals surface area contributed by atoms with Gasteiger partial charge in [-0.3, -0.25) is 19.3 Å². The maximum Gasteiger partial charge on any atom is 0.294 e. The van der Waals surface area contributed by atoms with E-state index in [-0.39, 0.29) is 11.4 Å². The Bertz CT molecular complexity index is 1100. The van der Waals surface area contributed by atoms with Crippen LogP contribution in [0.3, 0.4) is 0 Å². The molecular formula is C23H22ClN3O5S. The number of rotatable bonds is 6. The fourth-order valence-electron chi connectivity index (χ4n) is 3.48. The number of benzene rings is 2. The predicted molar refractivity (Wildman–Crippen MR) is 129 cm³/mol. The fourth-order valence-corrected chi connectivity index (χ4v) is 4.57. The van der Waals surface area contributed by atoms with E-state index in [1.807, 2.05) is 24.3 Å². The number of amides is 3. The summed E-state index contributed by atoms with van der Waals surface area (Å²) < 4.78 is 10.5. The highest BCUT2D eigenvalue weighted by Crippen LogP contribution is 2.33. The van der Waals surface area contributed by atoms with Crippen LogP contribution in [0.5, 0.6) is 5.75 Å². The molecule has 2 aromatic rings. The molecule has 0 spiro atoms. The zero-order chi connectivity index (χ0) is 23.4. The van der Waals surface area contributed by atoms with E-state index in [1.54, 1.807) is 18.2 Å². The van der Waals surface area contributed by atoms with Crippen molar-refractivity contribution in [3.63, 3.8) is 0 Å². The van der Waals surface area contributed by atoms with E-state index in [9.17, 15) is 14.4 Å². The normalized spacial score (nSPS) is 17.6. The highest BCUT2D eigenvalue weighted by molar-refractivity contribution is 8.18. The summed E-state index contributed by atoms with van der Waals surface area (Å²) in [6.45, 7) is 2.69. The van der Waals surface area contributed by atoms with Crippen molar-refractivity contribution in [3.05, 3.63) is 58.0 Å². The van der Waals surface area contributed by atoms with Crippen molar-refractivity contribution in [2.45, 2.75) is 0 Å². The van der Waals surface area contributed by atoms with E-state index < -0.39 is 17.1 Å². The molecule has 0 saturated carbocycles. The summed E-state index contributed by atoms with van der Waals surface area (Å²) in [5.74, 6) is -0.525. The van der Waals surface area contributed by atoms with Crippen molar-refractivity contribution in [2.24, 2.45) is 0 Å². The molecule has 2 heterocycles. The first-order valence-corrected chi connectivity index (χ1v) is 11.5. The lowest BCUT2D eigenvalue weighted by molar-refractivity contribution is -0.127. The van der Waals surface area contributed by atoms with Crippen LogP contribution >= 0.6 is 23.4 Å². The van der Waals surface area contributed by atoms with E-state index in [0.29, 0.717) is 29.7 Å². The van der Waals surface area contributed by atoms with Gasteiger partial charge in [0.1, 0.15) is 12.3 Å². The van der Waals surface area contributed by atoms with Gasteiger partial charge in [-0.15, -0.1) is 0 Å². The third kappa shape index (κ3) is 5.50. The Morgan fingerprint density at radius 1 is 1.18 bits per heavy atom. The molecule has 0 bridgehead atoms. The summed E-state index contributed by atoms with van der Waals surface area (Å²) in [7, 11) is 1.49. The second-order valence-corrected chi connectivity index (χ2v) is 8.76. The molecule has 0 unspecified atom stereocenters. The highest BCUT2D eigenvalue weighted by Gasteiger charge is 2.36. The zero-order valence-corrected chi connectivity index (χ0v) is 19.4. The Balaban J connectivity index is 1.39. The molecule has 4 rings (SSSR count). The third-order valence-electron chi connectivity index (χ3n) is 5.18. The standard InChI is InChI=1S/C23H22ClN3O5S/c1-31-19-7-4-16(13-18(19)24)25-21(28)14-27-22(29)20(33-23(27)30)12-15-2-5-17(6-3-15)26-8-10-32-11-9-26/h2-7,12-13H,8-11,14H2,1H3,(H,25,28)/b20-12+. The van der Waals surface area contributed by atoms with E-state index in [4.69, 9.17) is 21.1 Å². The van der Waals surface area contributed by atoms with Crippen LogP contribution in [-0.4, -0.2) is 61.9 Å². The SMILES string of the molecule is COc1ccc(NC(=O)CN2C(=O)S/C(=C/c3ccc(N4CCOCC4)cc3)C2=O)cc1Cl. The number of anilines is 2. The maximum atomic E-state index is 12.7. The van der Waals surface area contributed by atoms with Crippen LogP contribution in [0.2, 0.25) is 5.02 Å². The number of carbonyl (C=O) groups is 3. The average molecular weight is 488 g/mol. The molecular weight excluding hydrogens is 466 g/mol. The van der Waals surface area contributed by atoms with Crippen LogP contribution in [0, 0.1) is 0 Å². The number of nitrogens with one attached hydrogen (secondary N) is 1. The average Bonchev–Trinajstić information content (AvgIpc) is 3.07. The van der Waals surface area contributed by atoms with Crippen LogP contribution in [0.1, 0.15) is 5.56 Å². The summed E-state index contributed by atoms with van der Waals surface area (Å²) in [6.07, 6.45) is 1.66. The van der Waals surface area contributed by atoms with E-state index >= 15 is 0 Å². The van der Waals surface area contributed by atoms with Gasteiger partial charge in [0.25, 0.3) is 11.1 Å². The first kappa shape index (κ1) is 23.2. The monoisotopic (exact) mass is 487 g/mol. The van der Waals surface area contributed by atoms with Crippen LogP contribution < -0.4 is 15.0 Å². The highest BCUT2D eigenvalue weighted by atomic mass is 35.5. The Morgan fingerprint density at radius 2 is 1.91 bits per heavy atom. The van der Waals surface area contributed by atoms with Crippen molar-refractivity contribution < 1.29 is 23.9 Å². The van der Waals surface area contributed by atoms with Crippen LogP contribution in [0.4, 0.5) is 16.2 Å². The quantitative estimate of drug-likeness (QED) is 0.619. The summed E-state index contributed by atoms with van der Waals surface area (Å²) in [5.41, 5.74) is 2.32. The number of thioether (sulfide) groups is 1. The summed E-state index contributed by atoms with van der Waals surface area (Å²) >= 11 is 6.88. The van der Waals surface area contributed by atoms with E-state index in [1.165, 1.54) is 13.2 Å². The zero-order valence-electron chi connectivity index (χ0n) is 17.9. The van der Waals surface area contributed by atoms with Gasteiger partial charge in [-0.05, 0) is 53.7 Å². The van der Waals surface area contributed by atoms with Crippen molar-refractivity contribution in [3.8, 4) is 5.75 Å². The van der Waals surface area contributed by atoms with Crippen molar-refractivity contribution >= 4 is 57.9 Å². The lowest BCUT2D eigenvalue weighted by Crippen LogP contribution is -2.36. The number of morpholine rings is 1. The topological polar surface area (TPSA) is 88.2 Å². The van der Waals surface area contributed by atoms with Crippen LogP contribution in [0.15, 0.2) is 47.4 Å². The third-order valence-corrected chi connectivity index (χ3v) is 6.38. The number of methoxy groups -OCH3 is 1. The molecule has 33 heavy (non-hydrogen) atoms. The van der Waals surface area contributed by atoms with Gasteiger partial charge in [-0.25, -0.2) is 0 Å². The molecule has 0 aliphatic carbocycles. The molecule has 2 saturated heterocycles. The second kappa shape index (κ2) is 10.3. The number of hydrogen-bond acceptors (Lipinski definition) is 7. The lowest BCUT2D eigenvalue weighted by Gasteiger charge is -2.28. The van der Waals surface area contributed by atoms with Gasteiger partial charge in [-0.1, -0.05) is 23.7 Å². The first-order valence-electron chi connectivity index (χ1n) is 10.3. The van der Waals surface area contributed by atoms with Crippen molar-refractivity contribution in [2.75, 3.05) is 50.2 Å². The molecule has 3 amide bonds. The molecule has 1 N–H and O–H groups in total. The van der Waals surface area contributed by atoms with Crippen LogP contribution in [0.25, 0.3) is 6.08 Å². The lowest BCUT2D eigenvalue weighted by atomic mass is 10.1. The summed E-state index contributed by atoms with van der Waals surface area (Å²) in [5, 5.41) is 2.49. The van der Waals surface area contributed by atoms with Crippen LogP contribution in [-0.2, 0) is 14.3 Å². The van der Waals surface area contributed by atoms with Gasteiger partial charge in [0.2, 0.25) is 5.91 Å². The number of halogens is 1. The Morgan fingerprint density at radius 3 is 2.58 bits per heavy atom. The second-order valence-electron chi connectivity index (χ2n) is 7.36. The molecule has 0 atom stereocenters. The fraction of sp³-hybridized carbons (Fsp3) is 0.261. The number of carbonyl (C=O) groups excluding carboxylic acids is 3. The van der Waals surface area contributed by atoms with Gasteiger partial charge in [0.15, 0.2) is 0 Å². The molecule has 0 radical (unpaired) electrons. The van der Waals surface area contributed by atoms with Crippen molar-refractivity contribution in [1.82, 2.24) is 4.90 Å². The maximum absolute atomic E-state index is 12.7. The molecule has 2 fully saturated rings. The minimum atomic E-state index is -0.505. The molecule has 2 aliphatic heterocycles. The number of imide groups is 1. The van der Waals surface area contributed by atoms with Gasteiger partial charge < -0.3 is 19.7 Å². The van der Waals surface area contributed by atoms with Gasteiger partial charge in [0.05, 0.1) is 30.3 Å². The summed E-state index contributed by atoms with van der Waals surface area (Å²) in [4.78, 5) is 40.9. The van der Waals surface area contributed by atoms with Gasteiger partial charge >= 0.3 is 0 Å². The molecule has 10 heteroatoms. The Labute approximate surface area is 200 Å². The van der Waals surface area contributed by atoms with E-state index in [0.717, 1.165) is 41.0 Å². The van der Waals surface area contributed by atoms with Gasteiger partial charge in [0, 0.05) is 24.5 Å².